The predicted molar refractivity (Wildman–Crippen MR) is 77.7 cm³/mol. The van der Waals surface area contributed by atoms with Gasteiger partial charge in [0.05, 0.1) is 0 Å². The molecule has 0 spiro atoms. The van der Waals surface area contributed by atoms with E-state index in [1.165, 1.54) is 5.56 Å². The number of anilines is 1. The van der Waals surface area contributed by atoms with Gasteiger partial charge in [-0.3, -0.25) is 10.1 Å². The van der Waals surface area contributed by atoms with Crippen LogP contribution in [-0.2, 0) is 6.42 Å². The average molecular weight is 272 g/mol. The van der Waals surface area contributed by atoms with Crippen molar-refractivity contribution in [3.05, 3.63) is 35.9 Å². The van der Waals surface area contributed by atoms with Crippen molar-refractivity contribution in [2.24, 2.45) is 0 Å². The Morgan fingerprint density at radius 3 is 2.60 bits per heavy atom. The fraction of sp³-hybridized carbons (Fsp3) is 0.500. The summed E-state index contributed by atoms with van der Waals surface area (Å²) >= 11 is 0. The Hall–Kier alpha value is -1.95. The first-order valence-electron chi connectivity index (χ1n) is 7.02. The maximum absolute atomic E-state index is 4.61. The fourth-order valence-electron chi connectivity index (χ4n) is 2.69. The summed E-state index contributed by atoms with van der Waals surface area (Å²) < 4.78 is 0. The van der Waals surface area contributed by atoms with Gasteiger partial charge in [0.2, 0.25) is 5.95 Å². The Balaban J connectivity index is 1.70. The van der Waals surface area contributed by atoms with E-state index in [9.17, 15) is 0 Å². The number of nitrogens with one attached hydrogen (secondary N) is 2. The quantitative estimate of drug-likeness (QED) is 0.871. The van der Waals surface area contributed by atoms with Gasteiger partial charge in [0.1, 0.15) is 5.82 Å². The minimum Gasteiger partial charge on any atom is -0.336 e. The van der Waals surface area contributed by atoms with Gasteiger partial charge in [-0.2, -0.15) is 4.98 Å². The number of H-pyrrole nitrogens is 1. The average Bonchev–Trinajstić information content (AvgIpc) is 2.87. The van der Waals surface area contributed by atoms with Crippen LogP contribution in [0.5, 0.6) is 0 Å². The van der Waals surface area contributed by atoms with Crippen molar-refractivity contribution in [2.45, 2.75) is 32.4 Å². The molecular formula is C14H20N6. The summed E-state index contributed by atoms with van der Waals surface area (Å²) in [7, 11) is 0. The standard InChI is InChI=1S/C14H20N6/c1-10-8-20(9-11(2)16-10)14-17-13(18-19-14)7-12-3-5-15-6-4-12/h3-6,10-11,16H,7-9H2,1-2H3,(H,17,18,19). The predicted octanol–water partition coefficient (Wildman–Crippen LogP) is 0.977. The van der Waals surface area contributed by atoms with E-state index in [-0.39, 0.29) is 0 Å². The topological polar surface area (TPSA) is 69.7 Å². The Morgan fingerprint density at radius 1 is 1.20 bits per heavy atom. The molecule has 106 valence electrons. The monoisotopic (exact) mass is 272 g/mol. The smallest absolute Gasteiger partial charge is 0.244 e. The van der Waals surface area contributed by atoms with Gasteiger partial charge in [0, 0.05) is 44.0 Å². The summed E-state index contributed by atoms with van der Waals surface area (Å²) in [5.74, 6) is 1.69. The first-order chi connectivity index (χ1) is 9.70. The molecule has 2 atom stereocenters. The van der Waals surface area contributed by atoms with Crippen LogP contribution in [0.25, 0.3) is 0 Å². The minimum absolute atomic E-state index is 0.459. The van der Waals surface area contributed by atoms with E-state index in [1.807, 2.05) is 12.1 Å². The van der Waals surface area contributed by atoms with Gasteiger partial charge >= 0.3 is 0 Å². The van der Waals surface area contributed by atoms with Gasteiger partial charge in [-0.25, -0.2) is 0 Å². The van der Waals surface area contributed by atoms with Crippen molar-refractivity contribution in [1.82, 2.24) is 25.5 Å². The van der Waals surface area contributed by atoms with Crippen LogP contribution in [0.15, 0.2) is 24.5 Å². The fourth-order valence-corrected chi connectivity index (χ4v) is 2.69. The largest absolute Gasteiger partial charge is 0.336 e. The SMILES string of the molecule is CC1CN(c2n[nH]c(Cc3ccncc3)n2)CC(C)N1. The van der Waals surface area contributed by atoms with E-state index >= 15 is 0 Å². The van der Waals surface area contributed by atoms with Crippen molar-refractivity contribution in [3.63, 3.8) is 0 Å². The molecule has 2 aromatic heterocycles. The maximum Gasteiger partial charge on any atom is 0.244 e. The second-order valence-electron chi connectivity index (χ2n) is 5.49. The number of aromatic nitrogens is 4. The van der Waals surface area contributed by atoms with E-state index in [4.69, 9.17) is 0 Å². The lowest BCUT2D eigenvalue weighted by Crippen LogP contribution is -2.54. The molecule has 2 N–H and O–H groups in total. The normalized spacial score (nSPS) is 23.0. The summed E-state index contributed by atoms with van der Waals surface area (Å²) in [6, 6.07) is 4.91. The lowest BCUT2D eigenvalue weighted by Gasteiger charge is -2.35. The van der Waals surface area contributed by atoms with Crippen LogP contribution in [0.1, 0.15) is 25.2 Å². The van der Waals surface area contributed by atoms with E-state index in [0.29, 0.717) is 12.1 Å². The maximum atomic E-state index is 4.61. The molecule has 1 fully saturated rings. The first-order valence-corrected chi connectivity index (χ1v) is 7.02. The number of hydrogen-bond donors (Lipinski definition) is 2. The third-order valence-corrected chi connectivity index (χ3v) is 3.48. The van der Waals surface area contributed by atoms with Gasteiger partial charge in [-0.1, -0.05) is 0 Å². The van der Waals surface area contributed by atoms with Crippen LogP contribution in [0, 0.1) is 0 Å². The Labute approximate surface area is 118 Å². The molecule has 1 saturated heterocycles. The Kier molecular flexibility index (Phi) is 3.64. The number of nitrogens with zero attached hydrogens (tertiary/aromatic N) is 4. The van der Waals surface area contributed by atoms with Gasteiger partial charge < -0.3 is 10.2 Å². The van der Waals surface area contributed by atoms with Crippen LogP contribution >= 0.6 is 0 Å². The lowest BCUT2D eigenvalue weighted by atomic mass is 10.1. The molecule has 0 aliphatic carbocycles. The van der Waals surface area contributed by atoms with E-state index < -0.39 is 0 Å². The molecule has 2 unspecified atom stereocenters. The second-order valence-corrected chi connectivity index (χ2v) is 5.49. The first kappa shape index (κ1) is 13.1. The van der Waals surface area contributed by atoms with Gasteiger partial charge in [-0.15, -0.1) is 5.10 Å². The second kappa shape index (κ2) is 5.58. The number of piperazine rings is 1. The molecule has 6 heteroatoms. The summed E-state index contributed by atoms with van der Waals surface area (Å²) in [6.07, 6.45) is 4.35. The summed E-state index contributed by atoms with van der Waals surface area (Å²) in [6.45, 7) is 6.26. The molecular weight excluding hydrogens is 252 g/mol. The molecule has 6 nitrogen and oxygen atoms in total. The van der Waals surface area contributed by atoms with E-state index in [1.54, 1.807) is 12.4 Å². The molecule has 0 radical (unpaired) electrons. The zero-order chi connectivity index (χ0) is 13.9. The summed E-state index contributed by atoms with van der Waals surface area (Å²) in [5, 5.41) is 10.9. The van der Waals surface area contributed by atoms with E-state index in [2.05, 4.69) is 44.2 Å². The molecule has 3 rings (SSSR count). The molecule has 3 heterocycles. The molecule has 1 aliphatic heterocycles. The third kappa shape index (κ3) is 2.96. The zero-order valence-corrected chi connectivity index (χ0v) is 11.9. The zero-order valence-electron chi connectivity index (χ0n) is 11.9. The van der Waals surface area contributed by atoms with Crippen LogP contribution in [0.3, 0.4) is 0 Å². The number of rotatable bonds is 3. The highest BCUT2D eigenvalue weighted by atomic mass is 15.4. The van der Waals surface area contributed by atoms with Crippen LogP contribution < -0.4 is 10.2 Å². The van der Waals surface area contributed by atoms with Crippen molar-refractivity contribution in [3.8, 4) is 0 Å². The molecule has 0 amide bonds. The molecule has 0 aromatic carbocycles. The minimum atomic E-state index is 0.459. The van der Waals surface area contributed by atoms with Crippen LogP contribution in [0.2, 0.25) is 0 Å². The highest BCUT2D eigenvalue weighted by Gasteiger charge is 2.23. The molecule has 0 saturated carbocycles. The molecule has 1 aliphatic rings. The van der Waals surface area contributed by atoms with Gasteiger partial charge in [0.25, 0.3) is 0 Å². The van der Waals surface area contributed by atoms with Crippen molar-refractivity contribution < 1.29 is 0 Å². The number of pyridine rings is 1. The number of aromatic amines is 1. The summed E-state index contributed by atoms with van der Waals surface area (Å²) in [4.78, 5) is 10.9. The van der Waals surface area contributed by atoms with Crippen molar-refractivity contribution in [1.29, 1.82) is 0 Å². The number of hydrogen-bond acceptors (Lipinski definition) is 5. The molecule has 0 bridgehead atoms. The van der Waals surface area contributed by atoms with Crippen LogP contribution in [-0.4, -0.2) is 45.3 Å². The molecule has 2 aromatic rings. The molecule has 20 heavy (non-hydrogen) atoms. The van der Waals surface area contributed by atoms with Crippen molar-refractivity contribution >= 4 is 5.95 Å². The Morgan fingerprint density at radius 2 is 1.90 bits per heavy atom. The highest BCUT2D eigenvalue weighted by molar-refractivity contribution is 5.31. The van der Waals surface area contributed by atoms with Gasteiger partial charge in [-0.05, 0) is 31.5 Å². The van der Waals surface area contributed by atoms with Crippen LogP contribution in [0.4, 0.5) is 5.95 Å². The lowest BCUT2D eigenvalue weighted by molar-refractivity contribution is 0.403. The Bertz CT molecular complexity index is 542. The highest BCUT2D eigenvalue weighted by Crippen LogP contribution is 2.14. The van der Waals surface area contributed by atoms with Crippen molar-refractivity contribution in [2.75, 3.05) is 18.0 Å². The summed E-state index contributed by atoms with van der Waals surface area (Å²) in [5.41, 5.74) is 1.18. The third-order valence-electron chi connectivity index (χ3n) is 3.48. The van der Waals surface area contributed by atoms with E-state index in [0.717, 1.165) is 31.3 Å². The van der Waals surface area contributed by atoms with Gasteiger partial charge in [0.15, 0.2) is 0 Å².